The molecule has 1 aliphatic heterocycles. The Hall–Kier alpha value is -1.89. The molecule has 1 aromatic rings. The number of thiophene rings is 1. The van der Waals surface area contributed by atoms with Crippen LogP contribution in [0.25, 0.3) is 0 Å². The monoisotopic (exact) mass is 352 g/mol. The van der Waals surface area contributed by atoms with Gasteiger partial charge in [0, 0.05) is 25.0 Å². The largest absolute Gasteiger partial charge is 0.481 e. The number of likely N-dealkylation sites (tertiary alicyclic amines) is 1. The summed E-state index contributed by atoms with van der Waals surface area (Å²) in [5.41, 5.74) is -0.686. The van der Waals surface area contributed by atoms with Crippen molar-refractivity contribution in [3.8, 4) is 0 Å². The summed E-state index contributed by atoms with van der Waals surface area (Å²) >= 11 is 1.52. The Labute approximate surface area is 146 Å². The number of nitrogens with zero attached hydrogens (tertiary/aromatic N) is 2. The topological polar surface area (TPSA) is 77.9 Å². The average molecular weight is 352 g/mol. The van der Waals surface area contributed by atoms with E-state index in [9.17, 15) is 14.4 Å². The number of carboxylic acid groups (broad SMARTS) is 1. The molecule has 1 aliphatic rings. The zero-order chi connectivity index (χ0) is 17.9. The molecule has 2 amide bonds. The van der Waals surface area contributed by atoms with E-state index in [1.807, 2.05) is 31.4 Å². The molecule has 1 atom stereocenters. The quantitative estimate of drug-likeness (QED) is 0.877. The highest BCUT2D eigenvalue weighted by molar-refractivity contribution is 7.10. The maximum absolute atomic E-state index is 12.7. The van der Waals surface area contributed by atoms with Gasteiger partial charge in [-0.05, 0) is 38.1 Å². The van der Waals surface area contributed by atoms with Crippen LogP contribution >= 0.6 is 11.3 Å². The molecule has 1 fully saturated rings. The number of hydrogen-bond donors (Lipinski definition) is 1. The third kappa shape index (κ3) is 3.95. The van der Waals surface area contributed by atoms with E-state index in [0.717, 1.165) is 4.88 Å². The van der Waals surface area contributed by atoms with Crippen LogP contribution in [0.2, 0.25) is 0 Å². The van der Waals surface area contributed by atoms with Crippen LogP contribution in [0, 0.1) is 5.92 Å². The van der Waals surface area contributed by atoms with E-state index in [1.54, 1.807) is 11.9 Å². The van der Waals surface area contributed by atoms with Crippen molar-refractivity contribution >= 4 is 29.1 Å². The van der Waals surface area contributed by atoms with Crippen molar-refractivity contribution < 1.29 is 19.5 Å². The van der Waals surface area contributed by atoms with Crippen molar-refractivity contribution in [3.63, 3.8) is 0 Å². The molecule has 0 aromatic carbocycles. The van der Waals surface area contributed by atoms with E-state index >= 15 is 0 Å². The molecule has 1 unspecified atom stereocenters. The van der Waals surface area contributed by atoms with Crippen LogP contribution in [0.5, 0.6) is 0 Å². The standard InChI is InChI=1S/C17H24N2O4S/c1-17(2,13-7-5-9-24-13)16(23)18(3)11-14(20)19-8-4-6-12(10-19)15(21)22/h5,7,9,12H,4,6,8,10-11H2,1-3H3,(H,21,22). The third-order valence-corrected chi connectivity index (χ3v) is 5.71. The lowest BCUT2D eigenvalue weighted by atomic mass is 9.89. The van der Waals surface area contributed by atoms with Crippen molar-refractivity contribution in [1.29, 1.82) is 0 Å². The lowest BCUT2D eigenvalue weighted by Gasteiger charge is -2.33. The van der Waals surface area contributed by atoms with E-state index in [1.165, 1.54) is 16.2 Å². The molecule has 2 rings (SSSR count). The first-order valence-corrected chi connectivity index (χ1v) is 8.91. The van der Waals surface area contributed by atoms with Gasteiger partial charge in [0.05, 0.1) is 17.9 Å². The average Bonchev–Trinajstić information content (AvgIpc) is 3.09. The van der Waals surface area contributed by atoms with Crippen LogP contribution in [0.15, 0.2) is 17.5 Å². The molecule has 0 radical (unpaired) electrons. The number of likely N-dealkylation sites (N-methyl/N-ethyl adjacent to an activating group) is 1. The summed E-state index contributed by atoms with van der Waals surface area (Å²) in [7, 11) is 1.62. The summed E-state index contributed by atoms with van der Waals surface area (Å²) in [5.74, 6) is -1.69. The summed E-state index contributed by atoms with van der Waals surface area (Å²) in [5, 5.41) is 11.0. The molecule has 0 bridgehead atoms. The number of hydrogen-bond acceptors (Lipinski definition) is 4. The molecule has 132 valence electrons. The second-order valence-corrected chi connectivity index (χ2v) is 7.73. The van der Waals surface area contributed by atoms with Crippen molar-refractivity contribution in [2.75, 3.05) is 26.7 Å². The Bertz CT molecular complexity index is 612. The van der Waals surface area contributed by atoms with Gasteiger partial charge in [0.25, 0.3) is 0 Å². The molecule has 7 heteroatoms. The predicted molar refractivity (Wildman–Crippen MR) is 91.9 cm³/mol. The van der Waals surface area contributed by atoms with Gasteiger partial charge in [-0.2, -0.15) is 0 Å². The van der Waals surface area contributed by atoms with Gasteiger partial charge in [0.2, 0.25) is 11.8 Å². The maximum atomic E-state index is 12.7. The minimum atomic E-state index is -0.865. The second-order valence-electron chi connectivity index (χ2n) is 6.78. The molecule has 6 nitrogen and oxygen atoms in total. The zero-order valence-corrected chi connectivity index (χ0v) is 15.1. The molecule has 1 N–H and O–H groups in total. The number of rotatable bonds is 5. The Morgan fingerprint density at radius 3 is 2.71 bits per heavy atom. The van der Waals surface area contributed by atoms with Gasteiger partial charge in [-0.25, -0.2) is 0 Å². The first kappa shape index (κ1) is 18.4. The van der Waals surface area contributed by atoms with Gasteiger partial charge < -0.3 is 14.9 Å². The second kappa shape index (κ2) is 7.34. The molecular weight excluding hydrogens is 328 g/mol. The molecule has 0 spiro atoms. The number of carbonyl (C=O) groups excluding carboxylic acids is 2. The van der Waals surface area contributed by atoms with E-state index in [0.29, 0.717) is 19.4 Å². The summed E-state index contributed by atoms with van der Waals surface area (Å²) in [6.07, 6.45) is 1.28. The highest BCUT2D eigenvalue weighted by Crippen LogP contribution is 2.29. The Morgan fingerprint density at radius 1 is 1.42 bits per heavy atom. The summed E-state index contributed by atoms with van der Waals surface area (Å²) in [4.78, 5) is 40.2. The third-order valence-electron chi connectivity index (χ3n) is 4.51. The highest BCUT2D eigenvalue weighted by atomic mass is 32.1. The van der Waals surface area contributed by atoms with Gasteiger partial charge in [0.15, 0.2) is 0 Å². The number of carbonyl (C=O) groups is 3. The van der Waals surface area contributed by atoms with E-state index in [4.69, 9.17) is 5.11 Å². The van der Waals surface area contributed by atoms with E-state index in [-0.39, 0.29) is 24.9 Å². The van der Waals surface area contributed by atoms with E-state index < -0.39 is 17.3 Å². The SMILES string of the molecule is CN(CC(=O)N1CCCC(C(=O)O)C1)C(=O)C(C)(C)c1cccs1. The normalized spacial score (nSPS) is 18.3. The molecule has 1 aromatic heterocycles. The Morgan fingerprint density at radius 2 is 2.12 bits per heavy atom. The number of carboxylic acids is 1. The van der Waals surface area contributed by atoms with Gasteiger partial charge >= 0.3 is 5.97 Å². The molecule has 0 saturated carbocycles. The Kier molecular flexibility index (Phi) is 5.64. The van der Waals surface area contributed by atoms with Crippen LogP contribution in [-0.4, -0.2) is 59.4 Å². The van der Waals surface area contributed by atoms with Crippen LogP contribution in [0.4, 0.5) is 0 Å². The van der Waals surface area contributed by atoms with Gasteiger partial charge in [-0.1, -0.05) is 6.07 Å². The predicted octanol–water partition coefficient (Wildman–Crippen LogP) is 1.81. The Balaban J connectivity index is 1.98. The van der Waals surface area contributed by atoms with Crippen LogP contribution in [-0.2, 0) is 19.8 Å². The minimum Gasteiger partial charge on any atom is -0.481 e. The number of piperidine rings is 1. The number of aliphatic carboxylic acids is 1. The van der Waals surface area contributed by atoms with Crippen molar-refractivity contribution in [2.24, 2.45) is 5.92 Å². The maximum Gasteiger partial charge on any atom is 0.308 e. The minimum absolute atomic E-state index is 0.0278. The van der Waals surface area contributed by atoms with Crippen LogP contribution in [0.3, 0.4) is 0 Å². The molecule has 0 aliphatic carbocycles. The lowest BCUT2D eigenvalue weighted by Crippen LogP contribution is -2.49. The highest BCUT2D eigenvalue weighted by Gasteiger charge is 2.35. The zero-order valence-electron chi connectivity index (χ0n) is 14.3. The molecule has 24 heavy (non-hydrogen) atoms. The summed E-state index contributed by atoms with van der Waals surface area (Å²) in [6.45, 7) is 4.45. The fraction of sp³-hybridized carbons (Fsp3) is 0.588. The van der Waals surface area contributed by atoms with Crippen LogP contribution in [0.1, 0.15) is 31.6 Å². The molecule has 1 saturated heterocycles. The molecular formula is C17H24N2O4S. The summed E-state index contributed by atoms with van der Waals surface area (Å²) in [6, 6.07) is 3.82. The summed E-state index contributed by atoms with van der Waals surface area (Å²) < 4.78 is 0. The fourth-order valence-electron chi connectivity index (χ4n) is 3.00. The lowest BCUT2D eigenvalue weighted by molar-refractivity contribution is -0.148. The van der Waals surface area contributed by atoms with Crippen molar-refractivity contribution in [1.82, 2.24) is 9.80 Å². The first-order chi connectivity index (χ1) is 11.2. The van der Waals surface area contributed by atoms with E-state index in [2.05, 4.69) is 0 Å². The van der Waals surface area contributed by atoms with Crippen molar-refractivity contribution in [3.05, 3.63) is 22.4 Å². The van der Waals surface area contributed by atoms with Gasteiger partial charge in [-0.15, -0.1) is 11.3 Å². The van der Waals surface area contributed by atoms with Crippen molar-refractivity contribution in [2.45, 2.75) is 32.1 Å². The number of amides is 2. The van der Waals surface area contributed by atoms with Gasteiger partial charge in [-0.3, -0.25) is 14.4 Å². The van der Waals surface area contributed by atoms with Crippen LogP contribution < -0.4 is 0 Å². The van der Waals surface area contributed by atoms with Gasteiger partial charge in [0.1, 0.15) is 0 Å². The molecule has 2 heterocycles. The smallest absolute Gasteiger partial charge is 0.308 e. The first-order valence-electron chi connectivity index (χ1n) is 8.03. The fourth-order valence-corrected chi connectivity index (χ4v) is 3.84.